The summed E-state index contributed by atoms with van der Waals surface area (Å²) in [6, 6.07) is 0. The van der Waals surface area contributed by atoms with Crippen molar-refractivity contribution in [2.24, 2.45) is 0 Å². The minimum absolute atomic E-state index is 1.10. The molecule has 0 N–H and O–H groups in total. The van der Waals surface area contributed by atoms with Gasteiger partial charge in [0.05, 0.1) is 0 Å². The molecule has 0 bridgehead atoms. The summed E-state index contributed by atoms with van der Waals surface area (Å²) in [6.45, 7) is 8.87. The zero-order valence-corrected chi connectivity index (χ0v) is 11.3. The normalized spacial score (nSPS) is 10.9. The molecule has 0 saturated carbocycles. The van der Waals surface area contributed by atoms with Crippen molar-refractivity contribution in [3.05, 3.63) is 42.8 Å². The first kappa shape index (κ1) is 10.9. The maximum absolute atomic E-state index is 2.30. The fraction of sp³-hybridized carbons (Fsp3) is 0.385. The van der Waals surface area contributed by atoms with Crippen LogP contribution in [0.1, 0.15) is 32.0 Å². The standard InChI is InChI=1S/C13H16S2/c1-8-10(3)14-6-12(8)5-13-7-15-11(4)9(13)2/h6-7H,5H2,1-4H3. The SMILES string of the molecule is Cc1scc(Cc2csc(C)c2C)c1C. The lowest BCUT2D eigenvalue weighted by Crippen LogP contribution is -1.89. The van der Waals surface area contributed by atoms with Crippen molar-refractivity contribution < 1.29 is 0 Å². The largest absolute Gasteiger partial charge is 0.149 e. The maximum Gasteiger partial charge on any atom is 0.00463 e. The molecule has 0 radical (unpaired) electrons. The molecule has 2 rings (SSSR count). The molecule has 2 heteroatoms. The van der Waals surface area contributed by atoms with E-state index < -0.39 is 0 Å². The van der Waals surface area contributed by atoms with E-state index in [2.05, 4.69) is 38.5 Å². The van der Waals surface area contributed by atoms with E-state index in [0.29, 0.717) is 0 Å². The second kappa shape index (κ2) is 4.11. The molecule has 15 heavy (non-hydrogen) atoms. The molecular weight excluding hydrogens is 220 g/mol. The van der Waals surface area contributed by atoms with E-state index in [1.807, 2.05) is 22.7 Å². The van der Waals surface area contributed by atoms with Crippen molar-refractivity contribution in [1.29, 1.82) is 0 Å². The summed E-state index contributed by atoms with van der Waals surface area (Å²) in [4.78, 5) is 2.91. The zero-order valence-electron chi connectivity index (χ0n) is 9.68. The molecule has 0 spiro atoms. The van der Waals surface area contributed by atoms with Gasteiger partial charge in [-0.25, -0.2) is 0 Å². The van der Waals surface area contributed by atoms with Crippen LogP contribution in [0.2, 0.25) is 0 Å². The topological polar surface area (TPSA) is 0 Å². The highest BCUT2D eigenvalue weighted by Gasteiger charge is 2.08. The highest BCUT2D eigenvalue weighted by Crippen LogP contribution is 2.27. The quantitative estimate of drug-likeness (QED) is 0.713. The molecule has 0 saturated heterocycles. The van der Waals surface area contributed by atoms with Crippen LogP contribution in [-0.2, 0) is 6.42 Å². The number of aryl methyl sites for hydroxylation is 2. The summed E-state index contributed by atoms with van der Waals surface area (Å²) in [5, 5.41) is 4.61. The van der Waals surface area contributed by atoms with Gasteiger partial charge in [0.25, 0.3) is 0 Å². The Bertz CT molecular complexity index is 430. The van der Waals surface area contributed by atoms with E-state index in [4.69, 9.17) is 0 Å². The van der Waals surface area contributed by atoms with Gasteiger partial charge in [0.2, 0.25) is 0 Å². The fourth-order valence-electron chi connectivity index (χ4n) is 1.68. The van der Waals surface area contributed by atoms with E-state index in [1.54, 1.807) is 0 Å². The molecule has 0 aliphatic carbocycles. The molecule has 2 aromatic rings. The molecule has 0 aromatic carbocycles. The van der Waals surface area contributed by atoms with Crippen LogP contribution >= 0.6 is 22.7 Å². The number of hydrogen-bond donors (Lipinski definition) is 0. The van der Waals surface area contributed by atoms with E-state index >= 15 is 0 Å². The van der Waals surface area contributed by atoms with Crippen molar-refractivity contribution in [3.63, 3.8) is 0 Å². The van der Waals surface area contributed by atoms with Gasteiger partial charge in [-0.15, -0.1) is 22.7 Å². The summed E-state index contributed by atoms with van der Waals surface area (Å²) in [5.74, 6) is 0. The molecule has 2 aromatic heterocycles. The van der Waals surface area contributed by atoms with E-state index in [-0.39, 0.29) is 0 Å². The molecule has 0 nitrogen and oxygen atoms in total. The van der Waals surface area contributed by atoms with Crippen LogP contribution in [0.5, 0.6) is 0 Å². The summed E-state index contributed by atoms with van der Waals surface area (Å²) >= 11 is 3.73. The Balaban J connectivity index is 2.29. The molecule has 0 amide bonds. The van der Waals surface area contributed by atoms with Crippen molar-refractivity contribution in [2.45, 2.75) is 34.1 Å². The Kier molecular flexibility index (Phi) is 2.98. The monoisotopic (exact) mass is 236 g/mol. The van der Waals surface area contributed by atoms with Gasteiger partial charge in [-0.05, 0) is 67.1 Å². The van der Waals surface area contributed by atoms with Gasteiger partial charge in [-0.2, -0.15) is 0 Å². The minimum Gasteiger partial charge on any atom is -0.149 e. The molecule has 80 valence electrons. The first-order valence-corrected chi connectivity index (χ1v) is 6.92. The molecular formula is C13H16S2. The van der Waals surface area contributed by atoms with Crippen LogP contribution in [0.15, 0.2) is 10.8 Å². The van der Waals surface area contributed by atoms with Crippen molar-refractivity contribution in [2.75, 3.05) is 0 Å². The van der Waals surface area contributed by atoms with Crippen LogP contribution in [-0.4, -0.2) is 0 Å². The fourth-order valence-corrected chi connectivity index (χ4v) is 3.45. The molecule has 2 heterocycles. The number of rotatable bonds is 2. The predicted molar refractivity (Wildman–Crippen MR) is 70.4 cm³/mol. The Hall–Kier alpha value is -0.600. The van der Waals surface area contributed by atoms with Gasteiger partial charge in [-0.3, -0.25) is 0 Å². The van der Waals surface area contributed by atoms with Gasteiger partial charge in [0, 0.05) is 9.75 Å². The van der Waals surface area contributed by atoms with Gasteiger partial charge >= 0.3 is 0 Å². The molecule has 0 aliphatic heterocycles. The third-order valence-electron chi connectivity index (χ3n) is 3.16. The molecule has 0 unspecified atom stereocenters. The van der Waals surface area contributed by atoms with Crippen LogP contribution in [0.25, 0.3) is 0 Å². The van der Waals surface area contributed by atoms with Crippen LogP contribution in [0, 0.1) is 27.7 Å². The van der Waals surface area contributed by atoms with Gasteiger partial charge in [0.1, 0.15) is 0 Å². The molecule has 0 atom stereocenters. The summed E-state index contributed by atoms with van der Waals surface area (Å²) in [7, 11) is 0. The molecule has 0 aliphatic rings. The van der Waals surface area contributed by atoms with Gasteiger partial charge < -0.3 is 0 Å². The third-order valence-corrected chi connectivity index (χ3v) is 5.28. The van der Waals surface area contributed by atoms with Crippen LogP contribution < -0.4 is 0 Å². The van der Waals surface area contributed by atoms with Crippen LogP contribution in [0.3, 0.4) is 0 Å². The lowest BCUT2D eigenvalue weighted by molar-refractivity contribution is 1.15. The van der Waals surface area contributed by atoms with Crippen molar-refractivity contribution in [3.8, 4) is 0 Å². The zero-order chi connectivity index (χ0) is 11.0. The number of hydrogen-bond acceptors (Lipinski definition) is 2. The average Bonchev–Trinajstić information content (AvgIpc) is 2.68. The maximum atomic E-state index is 2.30. The predicted octanol–water partition coefficient (Wildman–Crippen LogP) is 4.63. The first-order valence-electron chi connectivity index (χ1n) is 5.16. The summed E-state index contributed by atoms with van der Waals surface area (Å²) < 4.78 is 0. The van der Waals surface area contributed by atoms with Crippen molar-refractivity contribution in [1.82, 2.24) is 0 Å². The van der Waals surface area contributed by atoms with E-state index in [1.165, 1.54) is 32.0 Å². The number of thiophene rings is 2. The third kappa shape index (κ3) is 2.01. The van der Waals surface area contributed by atoms with E-state index in [9.17, 15) is 0 Å². The Morgan fingerprint density at radius 2 is 1.20 bits per heavy atom. The average molecular weight is 236 g/mol. The van der Waals surface area contributed by atoms with Crippen molar-refractivity contribution >= 4 is 22.7 Å². The van der Waals surface area contributed by atoms with Gasteiger partial charge in [0.15, 0.2) is 0 Å². The highest BCUT2D eigenvalue weighted by atomic mass is 32.1. The summed E-state index contributed by atoms with van der Waals surface area (Å²) in [5.41, 5.74) is 5.95. The highest BCUT2D eigenvalue weighted by molar-refractivity contribution is 7.10. The Labute approximate surface area is 99.6 Å². The lowest BCUT2D eigenvalue weighted by atomic mass is 10.0. The van der Waals surface area contributed by atoms with Gasteiger partial charge in [-0.1, -0.05) is 0 Å². The molecule has 0 fully saturated rings. The minimum atomic E-state index is 1.10. The Morgan fingerprint density at radius 3 is 1.47 bits per heavy atom. The first-order chi connectivity index (χ1) is 7.09. The smallest absolute Gasteiger partial charge is 0.00463 e. The second-order valence-electron chi connectivity index (χ2n) is 4.06. The Morgan fingerprint density at radius 1 is 0.800 bits per heavy atom. The summed E-state index contributed by atoms with van der Waals surface area (Å²) in [6.07, 6.45) is 1.10. The second-order valence-corrected chi connectivity index (χ2v) is 6.23. The van der Waals surface area contributed by atoms with Crippen LogP contribution in [0.4, 0.5) is 0 Å². The van der Waals surface area contributed by atoms with E-state index in [0.717, 1.165) is 6.42 Å². The lowest BCUT2D eigenvalue weighted by Gasteiger charge is -2.01.